The number of esters is 1. The zero-order valence-electron chi connectivity index (χ0n) is 11.2. The second-order valence-corrected chi connectivity index (χ2v) is 5.87. The summed E-state index contributed by atoms with van der Waals surface area (Å²) in [4.78, 5) is 11.2. The standard InChI is InChI=1S/C13H15NO5S/c1-14(10-13(16)19-2)20(17,18)12-7-5-11(6-8-12)4-3-9-15/h5-8,15H,9-10H2,1-2H3. The molecule has 0 aliphatic rings. The fourth-order valence-electron chi connectivity index (χ4n) is 1.36. The predicted octanol–water partition coefficient (Wildman–Crippen LogP) is -0.176. The molecule has 0 saturated carbocycles. The molecule has 0 aliphatic heterocycles. The van der Waals surface area contributed by atoms with Crippen molar-refractivity contribution in [2.24, 2.45) is 0 Å². The van der Waals surface area contributed by atoms with Crippen LogP contribution in [-0.4, -0.2) is 51.1 Å². The van der Waals surface area contributed by atoms with Gasteiger partial charge in [0, 0.05) is 12.6 Å². The number of benzene rings is 1. The first-order valence-corrected chi connectivity index (χ1v) is 7.08. The number of carbonyl (C=O) groups is 1. The molecule has 7 heteroatoms. The van der Waals surface area contributed by atoms with E-state index in [-0.39, 0.29) is 18.0 Å². The maximum absolute atomic E-state index is 12.2. The summed E-state index contributed by atoms with van der Waals surface area (Å²) in [5.41, 5.74) is 0.591. The Morgan fingerprint density at radius 3 is 2.45 bits per heavy atom. The van der Waals surface area contributed by atoms with Crippen LogP contribution in [0.4, 0.5) is 0 Å². The molecule has 0 radical (unpaired) electrons. The summed E-state index contributed by atoms with van der Waals surface area (Å²) >= 11 is 0. The van der Waals surface area contributed by atoms with Crippen molar-refractivity contribution in [2.45, 2.75) is 4.90 Å². The second-order valence-electron chi connectivity index (χ2n) is 3.82. The minimum absolute atomic E-state index is 0.0541. The van der Waals surface area contributed by atoms with E-state index in [9.17, 15) is 13.2 Å². The molecule has 0 saturated heterocycles. The zero-order valence-corrected chi connectivity index (χ0v) is 12.0. The number of sulfonamides is 1. The van der Waals surface area contributed by atoms with E-state index in [1.165, 1.54) is 38.4 Å². The van der Waals surface area contributed by atoms with Gasteiger partial charge in [-0.15, -0.1) is 0 Å². The Morgan fingerprint density at radius 2 is 1.95 bits per heavy atom. The van der Waals surface area contributed by atoms with Crippen molar-refractivity contribution in [2.75, 3.05) is 27.3 Å². The van der Waals surface area contributed by atoms with Gasteiger partial charge in [-0.1, -0.05) is 11.8 Å². The van der Waals surface area contributed by atoms with E-state index < -0.39 is 16.0 Å². The Hall–Kier alpha value is -1.88. The van der Waals surface area contributed by atoms with Crippen LogP contribution in [0.3, 0.4) is 0 Å². The van der Waals surface area contributed by atoms with Gasteiger partial charge in [-0.3, -0.25) is 4.79 Å². The predicted molar refractivity (Wildman–Crippen MR) is 72.2 cm³/mol. The molecule has 0 heterocycles. The quantitative estimate of drug-likeness (QED) is 0.616. The normalized spacial score (nSPS) is 10.8. The van der Waals surface area contributed by atoms with Crippen LogP contribution in [0, 0.1) is 11.8 Å². The van der Waals surface area contributed by atoms with Crippen molar-refractivity contribution in [1.29, 1.82) is 0 Å². The minimum Gasteiger partial charge on any atom is -0.468 e. The average molecular weight is 297 g/mol. The summed E-state index contributed by atoms with van der Waals surface area (Å²) in [7, 11) is -1.26. The van der Waals surface area contributed by atoms with Gasteiger partial charge in [0.1, 0.15) is 13.2 Å². The van der Waals surface area contributed by atoms with Gasteiger partial charge in [-0.05, 0) is 24.3 Å². The number of carbonyl (C=O) groups excluding carboxylic acids is 1. The molecule has 0 fully saturated rings. The van der Waals surface area contributed by atoms with Crippen LogP contribution >= 0.6 is 0 Å². The summed E-state index contributed by atoms with van der Waals surface area (Å²) in [6.07, 6.45) is 0. The van der Waals surface area contributed by atoms with Crippen LogP contribution in [0.5, 0.6) is 0 Å². The van der Waals surface area contributed by atoms with E-state index in [1.54, 1.807) is 0 Å². The number of aliphatic hydroxyl groups excluding tert-OH is 1. The highest BCUT2D eigenvalue weighted by atomic mass is 32.2. The molecule has 0 aliphatic carbocycles. The van der Waals surface area contributed by atoms with Crippen LogP contribution < -0.4 is 0 Å². The Kier molecular flexibility index (Phi) is 5.70. The number of hydrogen-bond donors (Lipinski definition) is 1. The summed E-state index contributed by atoms with van der Waals surface area (Å²) < 4.78 is 29.6. The van der Waals surface area contributed by atoms with E-state index in [0.29, 0.717) is 5.56 Å². The molecule has 0 aromatic heterocycles. The molecule has 20 heavy (non-hydrogen) atoms. The lowest BCUT2D eigenvalue weighted by Gasteiger charge is -2.15. The molecule has 6 nitrogen and oxygen atoms in total. The summed E-state index contributed by atoms with van der Waals surface area (Å²) in [5, 5.41) is 8.57. The Morgan fingerprint density at radius 1 is 1.35 bits per heavy atom. The van der Waals surface area contributed by atoms with Gasteiger partial charge in [0.05, 0.1) is 12.0 Å². The van der Waals surface area contributed by atoms with Crippen LogP contribution in [0.15, 0.2) is 29.2 Å². The van der Waals surface area contributed by atoms with E-state index >= 15 is 0 Å². The summed E-state index contributed by atoms with van der Waals surface area (Å²) in [6.45, 7) is -0.618. The third kappa shape index (κ3) is 4.06. The smallest absolute Gasteiger partial charge is 0.321 e. The molecule has 0 bridgehead atoms. The number of aliphatic hydroxyl groups is 1. The zero-order chi connectivity index (χ0) is 15.2. The van der Waals surface area contributed by atoms with Crippen molar-refractivity contribution >= 4 is 16.0 Å². The van der Waals surface area contributed by atoms with Crippen molar-refractivity contribution in [1.82, 2.24) is 4.31 Å². The highest BCUT2D eigenvalue weighted by Crippen LogP contribution is 2.14. The van der Waals surface area contributed by atoms with Crippen LogP contribution in [0.25, 0.3) is 0 Å². The lowest BCUT2D eigenvalue weighted by atomic mass is 10.2. The maximum atomic E-state index is 12.2. The van der Waals surface area contributed by atoms with Gasteiger partial charge in [0.15, 0.2) is 0 Å². The van der Waals surface area contributed by atoms with Gasteiger partial charge in [0.2, 0.25) is 10.0 Å². The molecule has 108 valence electrons. The average Bonchev–Trinajstić information content (AvgIpc) is 2.45. The largest absolute Gasteiger partial charge is 0.468 e. The molecular weight excluding hydrogens is 282 g/mol. The minimum atomic E-state index is -3.75. The highest BCUT2D eigenvalue weighted by Gasteiger charge is 2.22. The van der Waals surface area contributed by atoms with Crippen LogP contribution in [0.1, 0.15) is 5.56 Å². The topological polar surface area (TPSA) is 83.9 Å². The van der Waals surface area contributed by atoms with Crippen molar-refractivity contribution in [3.05, 3.63) is 29.8 Å². The van der Waals surface area contributed by atoms with E-state index in [4.69, 9.17) is 5.11 Å². The molecule has 0 spiro atoms. The Balaban J connectivity index is 2.95. The first-order valence-electron chi connectivity index (χ1n) is 5.64. The van der Waals surface area contributed by atoms with Crippen molar-refractivity contribution in [3.8, 4) is 11.8 Å². The van der Waals surface area contributed by atoms with E-state index in [2.05, 4.69) is 16.6 Å². The fourth-order valence-corrected chi connectivity index (χ4v) is 2.48. The summed E-state index contributed by atoms with van der Waals surface area (Å²) in [6, 6.07) is 5.85. The summed E-state index contributed by atoms with van der Waals surface area (Å²) in [5.74, 6) is 4.49. The SMILES string of the molecule is COC(=O)CN(C)S(=O)(=O)c1ccc(C#CCO)cc1. The van der Waals surface area contributed by atoms with E-state index in [0.717, 1.165) is 4.31 Å². The number of rotatable bonds is 4. The fraction of sp³-hybridized carbons (Fsp3) is 0.308. The first kappa shape index (κ1) is 16.2. The van der Waals surface area contributed by atoms with Crippen molar-refractivity contribution in [3.63, 3.8) is 0 Å². The highest BCUT2D eigenvalue weighted by molar-refractivity contribution is 7.89. The van der Waals surface area contributed by atoms with Crippen molar-refractivity contribution < 1.29 is 23.1 Å². The van der Waals surface area contributed by atoms with Gasteiger partial charge >= 0.3 is 5.97 Å². The number of ether oxygens (including phenoxy) is 1. The molecule has 1 N–H and O–H groups in total. The van der Waals surface area contributed by atoms with Gasteiger partial charge in [-0.25, -0.2) is 8.42 Å². The number of methoxy groups -OCH3 is 1. The molecular formula is C13H15NO5S. The lowest BCUT2D eigenvalue weighted by molar-refractivity contribution is -0.140. The number of likely N-dealkylation sites (N-methyl/N-ethyl adjacent to an activating group) is 1. The Labute approximate surface area is 118 Å². The van der Waals surface area contributed by atoms with Gasteiger partial charge < -0.3 is 9.84 Å². The molecule has 1 aromatic rings. The number of nitrogens with zero attached hydrogens (tertiary/aromatic N) is 1. The molecule has 0 unspecified atom stereocenters. The molecule has 0 atom stereocenters. The monoisotopic (exact) mass is 297 g/mol. The van der Waals surface area contributed by atoms with Crippen LogP contribution in [-0.2, 0) is 19.6 Å². The van der Waals surface area contributed by atoms with Gasteiger partial charge in [0.25, 0.3) is 0 Å². The molecule has 1 rings (SSSR count). The number of hydrogen-bond acceptors (Lipinski definition) is 5. The lowest BCUT2D eigenvalue weighted by Crippen LogP contribution is -2.32. The van der Waals surface area contributed by atoms with Crippen LogP contribution in [0.2, 0.25) is 0 Å². The third-order valence-corrected chi connectivity index (χ3v) is 4.27. The van der Waals surface area contributed by atoms with E-state index in [1.807, 2.05) is 0 Å². The molecule has 0 amide bonds. The first-order chi connectivity index (χ1) is 9.41. The Bertz CT molecular complexity index is 625. The third-order valence-electron chi connectivity index (χ3n) is 2.45. The van der Waals surface area contributed by atoms with Gasteiger partial charge in [-0.2, -0.15) is 4.31 Å². The molecule has 1 aromatic carbocycles. The second kappa shape index (κ2) is 7.05. The maximum Gasteiger partial charge on any atom is 0.321 e.